The second-order valence-corrected chi connectivity index (χ2v) is 4.25. The number of halogens is 3. The molecule has 0 aromatic heterocycles. The molecule has 4 nitrogen and oxygen atoms in total. The van der Waals surface area contributed by atoms with Crippen molar-refractivity contribution in [2.24, 2.45) is 0 Å². The van der Waals surface area contributed by atoms with Gasteiger partial charge in [-0.25, -0.2) is 0 Å². The number of aromatic hydroxyl groups is 1. The van der Waals surface area contributed by atoms with Crippen LogP contribution in [0.2, 0.25) is 0 Å². The third-order valence-electron chi connectivity index (χ3n) is 2.63. The lowest BCUT2D eigenvalue weighted by molar-refractivity contribution is -0.274. The van der Waals surface area contributed by atoms with E-state index in [1.807, 2.05) is 0 Å². The summed E-state index contributed by atoms with van der Waals surface area (Å²) in [7, 11) is 0. The summed E-state index contributed by atoms with van der Waals surface area (Å²) < 4.78 is 44.9. The number of hydrogen-bond donors (Lipinski definition) is 1. The number of para-hydroxylation sites is 1. The maximum atomic E-state index is 12.0. The van der Waals surface area contributed by atoms with Crippen LogP contribution in [0.15, 0.2) is 48.5 Å². The molecule has 116 valence electrons. The smallest absolute Gasteiger partial charge is 0.507 e. The van der Waals surface area contributed by atoms with E-state index in [1.165, 1.54) is 24.3 Å². The standard InChI is InChI=1S/C15H11F3O4/c16-15(17,18)22-11-7-5-10(6-8-11)21-9-14(20)12-3-1-2-4-13(12)19/h1-8,19H,9H2. The Bertz CT molecular complexity index is 651. The van der Waals surface area contributed by atoms with E-state index in [2.05, 4.69) is 4.74 Å². The Morgan fingerprint density at radius 2 is 1.59 bits per heavy atom. The maximum Gasteiger partial charge on any atom is 0.573 e. The minimum absolute atomic E-state index is 0.111. The molecule has 0 bridgehead atoms. The Hall–Kier alpha value is -2.70. The molecule has 0 spiro atoms. The van der Waals surface area contributed by atoms with Gasteiger partial charge in [-0.05, 0) is 36.4 Å². The topological polar surface area (TPSA) is 55.8 Å². The lowest BCUT2D eigenvalue weighted by atomic mass is 10.1. The van der Waals surface area contributed by atoms with Crippen molar-refractivity contribution >= 4 is 5.78 Å². The van der Waals surface area contributed by atoms with Gasteiger partial charge < -0.3 is 14.6 Å². The first-order chi connectivity index (χ1) is 10.3. The molecular weight excluding hydrogens is 301 g/mol. The van der Waals surface area contributed by atoms with E-state index in [0.29, 0.717) is 0 Å². The first-order valence-electron chi connectivity index (χ1n) is 6.15. The minimum atomic E-state index is -4.76. The zero-order valence-electron chi connectivity index (χ0n) is 11.1. The van der Waals surface area contributed by atoms with Crippen LogP contribution in [-0.4, -0.2) is 23.9 Å². The van der Waals surface area contributed by atoms with Crippen molar-refractivity contribution in [1.29, 1.82) is 0 Å². The number of rotatable bonds is 5. The van der Waals surface area contributed by atoms with E-state index in [-0.39, 0.29) is 29.4 Å². The van der Waals surface area contributed by atoms with Crippen molar-refractivity contribution < 1.29 is 32.5 Å². The molecule has 22 heavy (non-hydrogen) atoms. The average molecular weight is 312 g/mol. The van der Waals surface area contributed by atoms with Gasteiger partial charge in [-0.1, -0.05) is 12.1 Å². The van der Waals surface area contributed by atoms with Crippen molar-refractivity contribution in [1.82, 2.24) is 0 Å². The maximum absolute atomic E-state index is 12.0. The van der Waals surface area contributed by atoms with E-state index in [4.69, 9.17) is 4.74 Å². The zero-order valence-corrected chi connectivity index (χ0v) is 11.1. The van der Waals surface area contributed by atoms with Crippen LogP contribution >= 0.6 is 0 Å². The van der Waals surface area contributed by atoms with Crippen LogP contribution in [0.25, 0.3) is 0 Å². The van der Waals surface area contributed by atoms with Gasteiger partial charge in [-0.15, -0.1) is 13.2 Å². The Morgan fingerprint density at radius 1 is 1.00 bits per heavy atom. The minimum Gasteiger partial charge on any atom is -0.507 e. The zero-order chi connectivity index (χ0) is 16.2. The summed E-state index contributed by atoms with van der Waals surface area (Å²) in [5.74, 6) is -0.788. The molecule has 0 saturated carbocycles. The number of ketones is 1. The number of ether oxygens (including phenoxy) is 2. The molecule has 0 aliphatic carbocycles. The molecule has 0 radical (unpaired) electrons. The van der Waals surface area contributed by atoms with Crippen LogP contribution < -0.4 is 9.47 Å². The van der Waals surface area contributed by atoms with Gasteiger partial charge in [0.25, 0.3) is 0 Å². The predicted octanol–water partition coefficient (Wildman–Crippen LogP) is 3.55. The molecular formula is C15H11F3O4. The number of carbonyl (C=O) groups is 1. The normalized spacial score (nSPS) is 11.0. The molecule has 0 unspecified atom stereocenters. The van der Waals surface area contributed by atoms with E-state index >= 15 is 0 Å². The van der Waals surface area contributed by atoms with E-state index in [9.17, 15) is 23.1 Å². The molecule has 0 fully saturated rings. The van der Waals surface area contributed by atoms with Crippen LogP contribution in [0.4, 0.5) is 13.2 Å². The molecule has 0 heterocycles. The SMILES string of the molecule is O=C(COc1ccc(OC(F)(F)F)cc1)c1ccccc1O. The van der Waals surface area contributed by atoms with E-state index in [0.717, 1.165) is 12.1 Å². The van der Waals surface area contributed by atoms with Gasteiger partial charge in [-0.3, -0.25) is 4.79 Å². The highest BCUT2D eigenvalue weighted by molar-refractivity contribution is 5.99. The summed E-state index contributed by atoms with van der Waals surface area (Å²) >= 11 is 0. The fraction of sp³-hybridized carbons (Fsp3) is 0.133. The number of Topliss-reactive ketones (excluding diaryl/α,β-unsaturated/α-hetero) is 1. The van der Waals surface area contributed by atoms with Crippen molar-refractivity contribution in [3.05, 3.63) is 54.1 Å². The Kier molecular flexibility index (Phi) is 4.55. The third kappa shape index (κ3) is 4.41. The number of carbonyl (C=O) groups excluding carboxylic acids is 1. The molecule has 1 N–H and O–H groups in total. The van der Waals surface area contributed by atoms with Crippen LogP contribution in [0, 0.1) is 0 Å². The molecule has 0 amide bonds. The van der Waals surface area contributed by atoms with Gasteiger partial charge in [0.15, 0.2) is 6.61 Å². The summed E-state index contributed by atoms with van der Waals surface area (Å²) in [5, 5.41) is 9.52. The third-order valence-corrected chi connectivity index (χ3v) is 2.63. The lowest BCUT2D eigenvalue weighted by Gasteiger charge is -2.10. The number of phenols is 1. The average Bonchev–Trinajstić information content (AvgIpc) is 2.45. The fourth-order valence-electron chi connectivity index (χ4n) is 1.67. The van der Waals surface area contributed by atoms with Gasteiger partial charge in [0.1, 0.15) is 17.2 Å². The van der Waals surface area contributed by atoms with Crippen LogP contribution in [0.5, 0.6) is 17.2 Å². The quantitative estimate of drug-likeness (QED) is 0.858. The molecule has 0 atom stereocenters. The van der Waals surface area contributed by atoms with Gasteiger partial charge in [0.05, 0.1) is 5.56 Å². The van der Waals surface area contributed by atoms with Gasteiger partial charge in [-0.2, -0.15) is 0 Å². The van der Waals surface area contributed by atoms with E-state index < -0.39 is 12.1 Å². The first-order valence-corrected chi connectivity index (χ1v) is 6.15. The number of benzene rings is 2. The van der Waals surface area contributed by atoms with Crippen molar-refractivity contribution in [2.75, 3.05) is 6.61 Å². The van der Waals surface area contributed by atoms with E-state index in [1.54, 1.807) is 12.1 Å². The summed E-state index contributed by atoms with van der Waals surface area (Å²) in [4.78, 5) is 11.8. The molecule has 2 rings (SSSR count). The summed E-state index contributed by atoms with van der Waals surface area (Å²) in [5.41, 5.74) is 0.111. The van der Waals surface area contributed by atoms with Gasteiger partial charge in [0, 0.05) is 0 Å². The molecule has 2 aromatic rings. The summed E-state index contributed by atoms with van der Waals surface area (Å²) in [6, 6.07) is 10.6. The van der Waals surface area contributed by atoms with Crippen molar-refractivity contribution in [3.63, 3.8) is 0 Å². The Balaban J connectivity index is 1.95. The van der Waals surface area contributed by atoms with Crippen LogP contribution in [0.3, 0.4) is 0 Å². The lowest BCUT2D eigenvalue weighted by Crippen LogP contribution is -2.17. The Morgan fingerprint density at radius 3 is 2.18 bits per heavy atom. The highest BCUT2D eigenvalue weighted by Crippen LogP contribution is 2.25. The Labute approximate surface area is 123 Å². The van der Waals surface area contributed by atoms with Gasteiger partial charge in [0.2, 0.25) is 5.78 Å². The largest absolute Gasteiger partial charge is 0.573 e. The number of hydrogen-bond acceptors (Lipinski definition) is 4. The predicted molar refractivity (Wildman–Crippen MR) is 71.1 cm³/mol. The second-order valence-electron chi connectivity index (χ2n) is 4.25. The molecule has 2 aromatic carbocycles. The monoisotopic (exact) mass is 312 g/mol. The highest BCUT2D eigenvalue weighted by Gasteiger charge is 2.30. The summed E-state index contributed by atoms with van der Waals surface area (Å²) in [6.45, 7) is -0.350. The van der Waals surface area contributed by atoms with Crippen LogP contribution in [-0.2, 0) is 0 Å². The van der Waals surface area contributed by atoms with Crippen molar-refractivity contribution in [2.45, 2.75) is 6.36 Å². The first kappa shape index (κ1) is 15.7. The number of alkyl halides is 3. The number of phenolic OH excluding ortho intramolecular Hbond substituents is 1. The second kappa shape index (κ2) is 6.38. The fourth-order valence-corrected chi connectivity index (χ4v) is 1.67. The summed E-state index contributed by atoms with van der Waals surface area (Å²) in [6.07, 6.45) is -4.76. The molecule has 7 heteroatoms. The molecule has 0 aliphatic rings. The highest BCUT2D eigenvalue weighted by atomic mass is 19.4. The van der Waals surface area contributed by atoms with Crippen molar-refractivity contribution in [3.8, 4) is 17.2 Å². The van der Waals surface area contributed by atoms with Gasteiger partial charge >= 0.3 is 6.36 Å². The molecule has 0 aliphatic heterocycles. The van der Waals surface area contributed by atoms with Crippen LogP contribution in [0.1, 0.15) is 10.4 Å². The molecule has 0 saturated heterocycles.